The Bertz CT molecular complexity index is 833. The number of hydrogen-bond acceptors (Lipinski definition) is 5. The number of halogens is 1. The van der Waals surface area contributed by atoms with Crippen LogP contribution in [0.2, 0.25) is 0 Å². The normalized spacial score (nSPS) is 16.7. The molecular weight excluding hydrogens is 406 g/mol. The molecule has 0 spiro atoms. The van der Waals surface area contributed by atoms with Crippen LogP contribution in [0.25, 0.3) is 0 Å². The van der Waals surface area contributed by atoms with Gasteiger partial charge in [0.1, 0.15) is 0 Å². The van der Waals surface area contributed by atoms with Crippen LogP contribution in [0.4, 0.5) is 0 Å². The Kier molecular flexibility index (Phi) is 7.81. The Balaban J connectivity index is 0.00000261. The van der Waals surface area contributed by atoms with Crippen LogP contribution < -0.4 is 10.0 Å². The summed E-state index contributed by atoms with van der Waals surface area (Å²) in [4.78, 5) is 15.6. The summed E-state index contributed by atoms with van der Waals surface area (Å²) in [6.45, 7) is 2.06. The zero-order valence-corrected chi connectivity index (χ0v) is 17.5. The number of nitrogens with one attached hydrogen (secondary N) is 2. The van der Waals surface area contributed by atoms with E-state index in [2.05, 4.69) is 10.0 Å². The van der Waals surface area contributed by atoms with E-state index in [0.29, 0.717) is 18.5 Å². The number of rotatable bonds is 7. The van der Waals surface area contributed by atoms with Crippen LogP contribution in [0, 0.1) is 0 Å². The quantitative estimate of drug-likeness (QED) is 0.706. The number of carbonyl (C=O) groups excluding carboxylic acids is 1. The molecule has 2 heterocycles. The van der Waals surface area contributed by atoms with Crippen molar-refractivity contribution in [3.05, 3.63) is 52.2 Å². The lowest BCUT2D eigenvalue weighted by Crippen LogP contribution is -2.38. The Morgan fingerprint density at radius 2 is 2.04 bits per heavy atom. The molecule has 1 aromatic heterocycles. The fourth-order valence-corrected chi connectivity index (χ4v) is 4.70. The van der Waals surface area contributed by atoms with Gasteiger partial charge in [0, 0.05) is 36.6 Å². The van der Waals surface area contributed by atoms with Crippen molar-refractivity contribution < 1.29 is 13.2 Å². The van der Waals surface area contributed by atoms with Crippen LogP contribution >= 0.6 is 23.7 Å². The van der Waals surface area contributed by atoms with Crippen molar-refractivity contribution >= 4 is 39.7 Å². The van der Waals surface area contributed by atoms with Crippen molar-refractivity contribution in [2.75, 3.05) is 26.7 Å². The minimum absolute atomic E-state index is 0. The van der Waals surface area contributed by atoms with Crippen LogP contribution in [0.1, 0.15) is 21.7 Å². The fraction of sp³-hybridized carbons (Fsp3) is 0.389. The minimum Gasteiger partial charge on any atom is -0.337 e. The Morgan fingerprint density at radius 1 is 1.30 bits per heavy atom. The fourth-order valence-electron chi connectivity index (χ4n) is 2.96. The van der Waals surface area contributed by atoms with E-state index in [-0.39, 0.29) is 29.3 Å². The van der Waals surface area contributed by atoms with E-state index in [9.17, 15) is 13.2 Å². The molecule has 27 heavy (non-hydrogen) atoms. The van der Waals surface area contributed by atoms with Gasteiger partial charge in [0.05, 0.1) is 4.90 Å². The first-order valence-electron chi connectivity index (χ1n) is 8.57. The SMILES string of the molecule is CN(C(=O)c1ccc(S(=O)(=O)NCCc2cccs2)cc1)C1CCNC1.Cl. The Labute approximate surface area is 170 Å². The zero-order valence-electron chi connectivity index (χ0n) is 15.1. The molecule has 0 bridgehead atoms. The van der Waals surface area contributed by atoms with Gasteiger partial charge in [0.25, 0.3) is 5.91 Å². The van der Waals surface area contributed by atoms with E-state index in [0.717, 1.165) is 24.4 Å². The number of likely N-dealkylation sites (N-methyl/N-ethyl adjacent to an activating group) is 1. The van der Waals surface area contributed by atoms with Crippen LogP contribution in [-0.4, -0.2) is 51.9 Å². The van der Waals surface area contributed by atoms with Crippen LogP contribution in [0.5, 0.6) is 0 Å². The highest BCUT2D eigenvalue weighted by Crippen LogP contribution is 2.15. The lowest BCUT2D eigenvalue weighted by atomic mass is 10.1. The standard InChI is InChI=1S/C18H23N3O3S2.ClH/c1-21(15-8-10-19-13-15)18(22)14-4-6-17(7-5-14)26(23,24)20-11-9-16-3-2-12-25-16;/h2-7,12,15,19-20H,8-11,13H2,1H3;1H. The van der Waals surface area contributed by atoms with Crippen molar-refractivity contribution in [3.8, 4) is 0 Å². The van der Waals surface area contributed by atoms with Crippen molar-refractivity contribution in [1.82, 2.24) is 14.9 Å². The summed E-state index contributed by atoms with van der Waals surface area (Å²) in [6, 6.07) is 10.2. The molecule has 3 rings (SSSR count). The van der Waals surface area contributed by atoms with Gasteiger partial charge in [0.15, 0.2) is 0 Å². The van der Waals surface area contributed by atoms with Gasteiger partial charge in [-0.1, -0.05) is 6.07 Å². The molecule has 2 N–H and O–H groups in total. The van der Waals surface area contributed by atoms with E-state index < -0.39 is 10.0 Å². The third-order valence-corrected chi connectivity index (χ3v) is 6.97. The lowest BCUT2D eigenvalue weighted by molar-refractivity contribution is 0.0743. The number of sulfonamides is 1. The molecule has 1 aromatic carbocycles. The zero-order chi connectivity index (χ0) is 18.6. The van der Waals surface area contributed by atoms with Gasteiger partial charge in [0.2, 0.25) is 10.0 Å². The van der Waals surface area contributed by atoms with E-state index in [4.69, 9.17) is 0 Å². The molecule has 1 aliphatic heterocycles. The molecule has 0 radical (unpaired) electrons. The van der Waals surface area contributed by atoms with Crippen LogP contribution in [0.15, 0.2) is 46.7 Å². The van der Waals surface area contributed by atoms with E-state index >= 15 is 0 Å². The molecule has 1 aliphatic rings. The smallest absolute Gasteiger partial charge is 0.253 e. The molecule has 0 aliphatic carbocycles. The monoisotopic (exact) mass is 429 g/mol. The molecule has 1 fully saturated rings. The van der Waals surface area contributed by atoms with Gasteiger partial charge < -0.3 is 10.2 Å². The first-order valence-corrected chi connectivity index (χ1v) is 10.9. The second-order valence-corrected chi connectivity index (χ2v) is 9.11. The molecule has 1 unspecified atom stereocenters. The number of hydrogen-bond donors (Lipinski definition) is 2. The summed E-state index contributed by atoms with van der Waals surface area (Å²) in [5, 5.41) is 5.21. The number of thiophene rings is 1. The summed E-state index contributed by atoms with van der Waals surface area (Å²) < 4.78 is 27.4. The van der Waals surface area contributed by atoms with Crippen LogP contribution in [-0.2, 0) is 16.4 Å². The largest absolute Gasteiger partial charge is 0.337 e. The maximum absolute atomic E-state index is 12.5. The van der Waals surface area contributed by atoms with E-state index in [1.165, 1.54) is 12.1 Å². The van der Waals surface area contributed by atoms with Gasteiger partial charge >= 0.3 is 0 Å². The molecule has 6 nitrogen and oxygen atoms in total. The Hall–Kier alpha value is -1.45. The number of benzene rings is 1. The molecule has 1 atom stereocenters. The van der Waals surface area contributed by atoms with Crippen LogP contribution in [0.3, 0.4) is 0 Å². The predicted octanol–water partition coefficient (Wildman–Crippen LogP) is 2.12. The highest BCUT2D eigenvalue weighted by atomic mass is 35.5. The highest BCUT2D eigenvalue weighted by molar-refractivity contribution is 7.89. The molecule has 1 amide bonds. The van der Waals surface area contributed by atoms with E-state index in [1.807, 2.05) is 17.5 Å². The first kappa shape index (κ1) is 21.8. The maximum atomic E-state index is 12.5. The number of carbonyl (C=O) groups is 1. The van der Waals surface area contributed by atoms with Crippen molar-refractivity contribution in [2.45, 2.75) is 23.8 Å². The molecule has 9 heteroatoms. The summed E-state index contributed by atoms with van der Waals surface area (Å²) in [5.74, 6) is -0.0895. The van der Waals surface area contributed by atoms with Gasteiger partial charge in [-0.2, -0.15) is 0 Å². The third-order valence-electron chi connectivity index (χ3n) is 4.56. The molecule has 2 aromatic rings. The van der Waals surface area contributed by atoms with Crippen molar-refractivity contribution in [1.29, 1.82) is 0 Å². The summed E-state index contributed by atoms with van der Waals surface area (Å²) in [7, 11) is -1.78. The summed E-state index contributed by atoms with van der Waals surface area (Å²) >= 11 is 1.61. The summed E-state index contributed by atoms with van der Waals surface area (Å²) in [6.07, 6.45) is 1.59. The number of nitrogens with zero attached hydrogens (tertiary/aromatic N) is 1. The second-order valence-electron chi connectivity index (χ2n) is 6.31. The Morgan fingerprint density at radius 3 is 2.63 bits per heavy atom. The minimum atomic E-state index is -3.57. The second kappa shape index (κ2) is 9.66. The van der Waals surface area contributed by atoms with Crippen molar-refractivity contribution in [2.24, 2.45) is 0 Å². The maximum Gasteiger partial charge on any atom is 0.253 e. The molecule has 0 saturated carbocycles. The molecule has 1 saturated heterocycles. The first-order chi connectivity index (χ1) is 12.5. The van der Waals surface area contributed by atoms with E-state index in [1.54, 1.807) is 35.4 Å². The number of amides is 1. The summed E-state index contributed by atoms with van der Waals surface area (Å²) in [5.41, 5.74) is 0.497. The molecule has 148 valence electrons. The highest BCUT2D eigenvalue weighted by Gasteiger charge is 2.24. The average Bonchev–Trinajstić information content (AvgIpc) is 3.34. The topological polar surface area (TPSA) is 78.5 Å². The predicted molar refractivity (Wildman–Crippen MR) is 110 cm³/mol. The van der Waals surface area contributed by atoms with Crippen molar-refractivity contribution in [3.63, 3.8) is 0 Å². The lowest BCUT2D eigenvalue weighted by Gasteiger charge is -2.23. The van der Waals surface area contributed by atoms with Gasteiger partial charge in [-0.15, -0.1) is 23.7 Å². The molecular formula is C18H24ClN3O3S2. The third kappa shape index (κ3) is 5.52. The van der Waals surface area contributed by atoms with Gasteiger partial charge in [-0.05, 0) is 55.1 Å². The average molecular weight is 430 g/mol. The van der Waals surface area contributed by atoms with Gasteiger partial charge in [-0.25, -0.2) is 13.1 Å². The van der Waals surface area contributed by atoms with Gasteiger partial charge in [-0.3, -0.25) is 4.79 Å².